The van der Waals surface area contributed by atoms with E-state index in [0.717, 1.165) is 17.8 Å². The second-order valence-corrected chi connectivity index (χ2v) is 5.36. The van der Waals surface area contributed by atoms with E-state index in [0.29, 0.717) is 4.64 Å². The van der Waals surface area contributed by atoms with Crippen molar-refractivity contribution < 1.29 is 0 Å². The molecule has 0 bridgehead atoms. The first kappa shape index (κ1) is 9.99. The zero-order valence-corrected chi connectivity index (χ0v) is 10.7. The van der Waals surface area contributed by atoms with Crippen molar-refractivity contribution in [3.63, 3.8) is 0 Å². The highest BCUT2D eigenvalue weighted by Gasteiger charge is 2.09. The van der Waals surface area contributed by atoms with Gasteiger partial charge in [0.1, 0.15) is 10.5 Å². The number of hydrogen-bond acceptors (Lipinski definition) is 3. The molecule has 16 heavy (non-hydrogen) atoms. The van der Waals surface area contributed by atoms with Crippen LogP contribution in [0.15, 0.2) is 12.1 Å². The van der Waals surface area contributed by atoms with E-state index in [1.807, 2.05) is 18.3 Å². The van der Waals surface area contributed by atoms with Crippen LogP contribution in [-0.2, 0) is 6.42 Å². The first-order valence-electron chi connectivity index (χ1n) is 5.20. The highest BCUT2D eigenvalue weighted by Crippen LogP contribution is 2.29. The Morgan fingerprint density at radius 3 is 3.00 bits per heavy atom. The molecule has 0 fully saturated rings. The topological polar surface area (TPSA) is 33.1 Å². The lowest BCUT2D eigenvalue weighted by Gasteiger charge is -1.99. The maximum Gasteiger partial charge on any atom is 0.144 e. The average molecular weight is 249 g/mol. The van der Waals surface area contributed by atoms with Gasteiger partial charge >= 0.3 is 0 Å². The number of thiophene rings is 1. The maximum atomic E-state index is 5.25. The average Bonchev–Trinajstić information content (AvgIpc) is 2.80. The highest BCUT2D eigenvalue weighted by atomic mass is 32.1. The summed E-state index contributed by atoms with van der Waals surface area (Å²) in [4.78, 5) is 1.40. The predicted molar refractivity (Wildman–Crippen MR) is 69.9 cm³/mol. The third kappa shape index (κ3) is 1.25. The summed E-state index contributed by atoms with van der Waals surface area (Å²) in [6, 6.07) is 4.38. The van der Waals surface area contributed by atoms with Crippen LogP contribution < -0.4 is 0 Å². The van der Waals surface area contributed by atoms with Crippen LogP contribution in [0.3, 0.4) is 0 Å². The SMILES string of the molecule is CCc1cc2c(cc3c(=S)[nH]nc(C)n32)s1. The molecule has 0 unspecified atom stereocenters. The lowest BCUT2D eigenvalue weighted by molar-refractivity contribution is 0.888. The minimum Gasteiger partial charge on any atom is -0.293 e. The molecule has 82 valence electrons. The van der Waals surface area contributed by atoms with Crippen LogP contribution in [0.5, 0.6) is 0 Å². The molecule has 3 rings (SSSR count). The Hall–Kier alpha value is -1.20. The van der Waals surface area contributed by atoms with E-state index >= 15 is 0 Å². The van der Waals surface area contributed by atoms with Crippen molar-refractivity contribution >= 4 is 39.3 Å². The van der Waals surface area contributed by atoms with E-state index in [1.165, 1.54) is 15.1 Å². The molecule has 0 aromatic carbocycles. The molecule has 0 atom stereocenters. The number of H-pyrrole nitrogens is 1. The van der Waals surface area contributed by atoms with Crippen molar-refractivity contribution in [2.24, 2.45) is 0 Å². The largest absolute Gasteiger partial charge is 0.293 e. The molecule has 0 aliphatic heterocycles. The molecular formula is C11H11N3S2. The fourth-order valence-corrected chi connectivity index (χ4v) is 3.19. The van der Waals surface area contributed by atoms with Gasteiger partial charge in [-0.1, -0.05) is 19.1 Å². The Morgan fingerprint density at radius 2 is 2.25 bits per heavy atom. The molecule has 3 aromatic heterocycles. The van der Waals surface area contributed by atoms with E-state index in [-0.39, 0.29) is 0 Å². The van der Waals surface area contributed by atoms with Crippen LogP contribution in [0.2, 0.25) is 0 Å². The molecule has 0 spiro atoms. The van der Waals surface area contributed by atoms with Crippen molar-refractivity contribution in [3.8, 4) is 0 Å². The lowest BCUT2D eigenvalue weighted by atomic mass is 10.3. The number of hydrogen-bond donors (Lipinski definition) is 1. The first-order valence-corrected chi connectivity index (χ1v) is 6.42. The number of nitrogens with zero attached hydrogens (tertiary/aromatic N) is 2. The summed E-state index contributed by atoms with van der Waals surface area (Å²) in [5.41, 5.74) is 2.27. The molecule has 0 saturated carbocycles. The summed E-state index contributed by atoms with van der Waals surface area (Å²) in [5, 5.41) is 7.07. The van der Waals surface area contributed by atoms with Gasteiger partial charge in [0.2, 0.25) is 0 Å². The van der Waals surface area contributed by atoms with Crippen molar-refractivity contribution in [2.45, 2.75) is 20.3 Å². The Labute approximate surface area is 102 Å². The first-order chi connectivity index (χ1) is 7.70. The second kappa shape index (κ2) is 3.40. The van der Waals surface area contributed by atoms with Crippen molar-refractivity contribution in [1.29, 1.82) is 0 Å². The van der Waals surface area contributed by atoms with Crippen LogP contribution in [0, 0.1) is 11.6 Å². The van der Waals surface area contributed by atoms with Crippen molar-refractivity contribution in [2.75, 3.05) is 0 Å². The zero-order valence-electron chi connectivity index (χ0n) is 9.07. The third-order valence-corrected chi connectivity index (χ3v) is 4.28. The van der Waals surface area contributed by atoms with Gasteiger partial charge in [-0.15, -0.1) is 11.3 Å². The monoisotopic (exact) mass is 249 g/mol. The quantitative estimate of drug-likeness (QED) is 0.670. The van der Waals surface area contributed by atoms with Crippen molar-refractivity contribution in [1.82, 2.24) is 14.6 Å². The summed E-state index contributed by atoms with van der Waals surface area (Å²) < 4.78 is 4.11. The molecule has 1 N–H and O–H groups in total. The van der Waals surface area contributed by atoms with Crippen LogP contribution in [0.25, 0.3) is 15.7 Å². The summed E-state index contributed by atoms with van der Waals surface area (Å²) in [6.45, 7) is 4.16. The van der Waals surface area contributed by atoms with Gasteiger partial charge < -0.3 is 0 Å². The zero-order chi connectivity index (χ0) is 11.3. The summed E-state index contributed by atoms with van der Waals surface area (Å²) in [6.07, 6.45) is 1.08. The molecule has 0 radical (unpaired) electrons. The molecule has 0 amide bonds. The van der Waals surface area contributed by atoms with Gasteiger partial charge in [-0.25, -0.2) is 0 Å². The predicted octanol–water partition coefficient (Wildman–Crippen LogP) is 3.48. The summed E-state index contributed by atoms with van der Waals surface area (Å²) >= 11 is 7.08. The Bertz CT molecular complexity index is 733. The fraction of sp³-hybridized carbons (Fsp3) is 0.273. The minimum atomic E-state index is 0.701. The van der Waals surface area contributed by atoms with Crippen LogP contribution in [0.1, 0.15) is 17.6 Å². The number of aromatic amines is 1. The van der Waals surface area contributed by atoms with Crippen molar-refractivity contribution in [3.05, 3.63) is 27.5 Å². The second-order valence-electron chi connectivity index (χ2n) is 3.78. The van der Waals surface area contributed by atoms with Gasteiger partial charge in [-0.3, -0.25) is 9.50 Å². The molecule has 5 heteroatoms. The maximum absolute atomic E-state index is 5.25. The smallest absolute Gasteiger partial charge is 0.144 e. The Kier molecular flexibility index (Phi) is 2.12. The molecule has 0 aliphatic carbocycles. The number of rotatable bonds is 1. The minimum absolute atomic E-state index is 0.701. The standard InChI is InChI=1S/C11H11N3S2/c1-3-7-4-8-10(16-7)5-9-11(15)13-12-6(2)14(8)9/h4-5H,3H2,1-2H3,(H,13,15). The summed E-state index contributed by atoms with van der Waals surface area (Å²) in [7, 11) is 0. The van der Waals surface area contributed by atoms with Gasteiger partial charge in [-0.05, 0) is 25.5 Å². The third-order valence-electron chi connectivity index (χ3n) is 2.76. The van der Waals surface area contributed by atoms with Crippen LogP contribution in [0.4, 0.5) is 0 Å². The number of nitrogens with one attached hydrogen (secondary N) is 1. The molecular weight excluding hydrogens is 238 g/mol. The highest BCUT2D eigenvalue weighted by molar-refractivity contribution is 7.71. The number of aryl methyl sites for hydroxylation is 2. The van der Waals surface area contributed by atoms with E-state index < -0.39 is 0 Å². The number of fused-ring (bicyclic) bond motifs is 3. The van der Waals surface area contributed by atoms with Crippen LogP contribution >= 0.6 is 23.6 Å². The molecule has 3 heterocycles. The van der Waals surface area contributed by atoms with E-state index in [2.05, 4.69) is 33.7 Å². The van der Waals surface area contributed by atoms with E-state index in [9.17, 15) is 0 Å². The Morgan fingerprint density at radius 1 is 1.44 bits per heavy atom. The van der Waals surface area contributed by atoms with Gasteiger partial charge in [0.05, 0.1) is 15.7 Å². The van der Waals surface area contributed by atoms with Gasteiger partial charge in [0.15, 0.2) is 0 Å². The van der Waals surface area contributed by atoms with Gasteiger partial charge in [-0.2, -0.15) is 5.10 Å². The summed E-state index contributed by atoms with van der Waals surface area (Å²) in [5.74, 6) is 0.944. The molecule has 3 nitrogen and oxygen atoms in total. The number of aromatic nitrogens is 3. The molecule has 3 aromatic rings. The Balaban J connectivity index is 2.55. The van der Waals surface area contributed by atoms with Gasteiger partial charge in [0.25, 0.3) is 0 Å². The van der Waals surface area contributed by atoms with E-state index in [4.69, 9.17) is 12.2 Å². The van der Waals surface area contributed by atoms with E-state index in [1.54, 1.807) is 0 Å². The normalized spacial score (nSPS) is 11.6. The van der Waals surface area contributed by atoms with Gasteiger partial charge in [0, 0.05) is 4.88 Å². The lowest BCUT2D eigenvalue weighted by Crippen LogP contribution is -1.97. The van der Waals surface area contributed by atoms with Crippen LogP contribution in [-0.4, -0.2) is 14.6 Å². The molecule has 0 saturated heterocycles. The molecule has 0 aliphatic rings. The fourth-order valence-electron chi connectivity index (χ4n) is 1.97.